The number of fused-ring (bicyclic) bond motifs is 1. The molecule has 31 heavy (non-hydrogen) atoms. The normalized spacial score (nSPS) is 11.0. The van der Waals surface area contributed by atoms with Gasteiger partial charge in [-0.15, -0.1) is 5.10 Å². The average molecular weight is 421 g/mol. The van der Waals surface area contributed by atoms with Gasteiger partial charge in [-0.25, -0.2) is 23.3 Å². The van der Waals surface area contributed by atoms with Crippen molar-refractivity contribution >= 4 is 17.2 Å². The van der Waals surface area contributed by atoms with E-state index in [1.807, 2.05) is 24.3 Å². The second-order valence-corrected chi connectivity index (χ2v) is 7.06. The van der Waals surface area contributed by atoms with Gasteiger partial charge in [-0.3, -0.25) is 4.79 Å². The maximum atomic E-state index is 13.5. The van der Waals surface area contributed by atoms with Crippen molar-refractivity contribution in [2.75, 3.05) is 12.4 Å². The number of carbonyl (C=O) groups is 1. The van der Waals surface area contributed by atoms with Crippen LogP contribution < -0.4 is 15.7 Å². The molecule has 8 nitrogen and oxygen atoms in total. The van der Waals surface area contributed by atoms with E-state index in [4.69, 9.17) is 4.74 Å². The lowest BCUT2D eigenvalue weighted by atomic mass is 10.1. The molecule has 0 spiro atoms. The number of methoxy groups -OCH3 is 1. The number of rotatable bonds is 5. The summed E-state index contributed by atoms with van der Waals surface area (Å²) in [6.45, 7) is 3.14. The zero-order valence-corrected chi connectivity index (χ0v) is 17.2. The average Bonchev–Trinajstić information content (AvgIpc) is 3.06. The van der Waals surface area contributed by atoms with Gasteiger partial charge in [0.1, 0.15) is 23.9 Å². The first kappa shape index (κ1) is 20.3. The van der Waals surface area contributed by atoms with Gasteiger partial charge < -0.3 is 10.1 Å². The molecule has 0 saturated heterocycles. The zero-order valence-electron chi connectivity index (χ0n) is 17.2. The van der Waals surface area contributed by atoms with Gasteiger partial charge in [0.2, 0.25) is 5.91 Å². The maximum absolute atomic E-state index is 13.5. The fourth-order valence-corrected chi connectivity index (χ4v) is 3.27. The van der Waals surface area contributed by atoms with Crippen LogP contribution in [-0.4, -0.2) is 32.2 Å². The Balaban J connectivity index is 1.64. The van der Waals surface area contributed by atoms with Crippen molar-refractivity contribution in [3.63, 3.8) is 0 Å². The minimum absolute atomic E-state index is 0.312. The molecule has 2 heterocycles. The number of carbonyl (C=O) groups excluding carboxylic acids is 1. The van der Waals surface area contributed by atoms with E-state index in [1.54, 1.807) is 33.1 Å². The van der Waals surface area contributed by atoms with Crippen LogP contribution in [0.15, 0.2) is 53.3 Å². The second kappa shape index (κ2) is 8.02. The molecule has 0 aliphatic rings. The SMILES string of the molecule is COc1ccc(-c2cc3nn(CC(=O)Nc4cc(F)ccc4C)c(=O)n3c(C)n2)cc1. The number of hydrogen-bond acceptors (Lipinski definition) is 5. The fraction of sp³-hybridized carbons (Fsp3) is 0.182. The van der Waals surface area contributed by atoms with Gasteiger partial charge in [-0.1, -0.05) is 6.07 Å². The van der Waals surface area contributed by atoms with Crippen LogP contribution in [0, 0.1) is 19.7 Å². The number of aryl methyl sites for hydroxylation is 2. The lowest BCUT2D eigenvalue weighted by Gasteiger charge is -2.08. The number of aromatic nitrogens is 4. The van der Waals surface area contributed by atoms with Crippen molar-refractivity contribution in [1.29, 1.82) is 0 Å². The summed E-state index contributed by atoms with van der Waals surface area (Å²) in [7, 11) is 1.59. The van der Waals surface area contributed by atoms with E-state index < -0.39 is 17.4 Å². The molecule has 4 aromatic rings. The molecule has 1 amide bonds. The monoisotopic (exact) mass is 421 g/mol. The van der Waals surface area contributed by atoms with Gasteiger partial charge in [0.05, 0.1) is 12.8 Å². The number of hydrogen-bond donors (Lipinski definition) is 1. The number of anilines is 1. The molecule has 0 aliphatic carbocycles. The van der Waals surface area contributed by atoms with Crippen molar-refractivity contribution in [2.24, 2.45) is 0 Å². The van der Waals surface area contributed by atoms with Crippen LogP contribution in [0.4, 0.5) is 10.1 Å². The van der Waals surface area contributed by atoms with Gasteiger partial charge in [0, 0.05) is 17.3 Å². The summed E-state index contributed by atoms with van der Waals surface area (Å²) in [6, 6.07) is 13.2. The molecule has 2 aromatic heterocycles. The summed E-state index contributed by atoms with van der Waals surface area (Å²) in [5.74, 6) is 0.223. The third kappa shape index (κ3) is 4.02. The van der Waals surface area contributed by atoms with Crippen molar-refractivity contribution in [3.05, 3.63) is 76.2 Å². The first-order valence-electron chi connectivity index (χ1n) is 9.53. The summed E-state index contributed by atoms with van der Waals surface area (Å²) >= 11 is 0. The number of amides is 1. The standard InChI is InChI=1S/C22H20FN5O3/c1-13-4-7-16(23)10-18(13)25-21(29)12-27-22(30)28-14(2)24-19(11-20(28)26-27)15-5-8-17(31-3)9-6-15/h4-11H,12H2,1-3H3,(H,25,29). The highest BCUT2D eigenvalue weighted by atomic mass is 19.1. The van der Waals surface area contributed by atoms with Crippen molar-refractivity contribution in [2.45, 2.75) is 20.4 Å². The molecule has 0 unspecified atom stereocenters. The lowest BCUT2D eigenvalue weighted by molar-refractivity contribution is -0.117. The maximum Gasteiger partial charge on any atom is 0.352 e. The molecule has 1 N–H and O–H groups in total. The van der Waals surface area contributed by atoms with Gasteiger partial charge in [0.25, 0.3) is 0 Å². The molecule has 0 saturated carbocycles. The van der Waals surface area contributed by atoms with Crippen LogP contribution in [-0.2, 0) is 11.3 Å². The van der Waals surface area contributed by atoms with Crippen molar-refractivity contribution in [3.8, 4) is 17.0 Å². The minimum Gasteiger partial charge on any atom is -0.497 e. The van der Waals surface area contributed by atoms with Crippen molar-refractivity contribution < 1.29 is 13.9 Å². The summed E-state index contributed by atoms with van der Waals surface area (Å²) in [6.07, 6.45) is 0. The van der Waals surface area contributed by atoms with E-state index in [2.05, 4.69) is 15.4 Å². The molecule has 0 atom stereocenters. The third-order valence-corrected chi connectivity index (χ3v) is 4.89. The van der Waals surface area contributed by atoms with Crippen molar-refractivity contribution in [1.82, 2.24) is 19.2 Å². The number of ether oxygens (including phenoxy) is 1. The Kier molecular flexibility index (Phi) is 5.24. The summed E-state index contributed by atoms with van der Waals surface area (Å²) < 4.78 is 21.0. The zero-order chi connectivity index (χ0) is 22.1. The van der Waals surface area contributed by atoms with E-state index in [9.17, 15) is 14.0 Å². The molecular formula is C22H20FN5O3. The van der Waals surface area contributed by atoms with Crippen LogP contribution in [0.1, 0.15) is 11.4 Å². The van der Waals surface area contributed by atoms with E-state index in [0.29, 0.717) is 28.4 Å². The molecule has 9 heteroatoms. The topological polar surface area (TPSA) is 90.5 Å². The van der Waals surface area contributed by atoms with Crippen LogP contribution in [0.25, 0.3) is 16.9 Å². The van der Waals surface area contributed by atoms with Gasteiger partial charge in [-0.05, 0) is 55.8 Å². The Hall–Kier alpha value is -4.01. The molecule has 0 aliphatic heterocycles. The Morgan fingerprint density at radius 1 is 1.13 bits per heavy atom. The smallest absolute Gasteiger partial charge is 0.352 e. The molecule has 0 fully saturated rings. The Morgan fingerprint density at radius 2 is 1.87 bits per heavy atom. The number of benzene rings is 2. The summed E-state index contributed by atoms with van der Waals surface area (Å²) in [5, 5.41) is 6.90. The molecular weight excluding hydrogens is 401 g/mol. The largest absolute Gasteiger partial charge is 0.497 e. The van der Waals surface area contributed by atoms with E-state index in [-0.39, 0.29) is 6.54 Å². The van der Waals surface area contributed by atoms with E-state index in [1.165, 1.54) is 16.5 Å². The summed E-state index contributed by atoms with van der Waals surface area (Å²) in [5.41, 5.74) is 2.44. The Morgan fingerprint density at radius 3 is 2.58 bits per heavy atom. The van der Waals surface area contributed by atoms with Crippen LogP contribution in [0.3, 0.4) is 0 Å². The highest BCUT2D eigenvalue weighted by Crippen LogP contribution is 2.22. The molecule has 0 radical (unpaired) electrons. The first-order valence-corrected chi connectivity index (χ1v) is 9.53. The van der Waals surface area contributed by atoms with Gasteiger partial charge in [-0.2, -0.15) is 0 Å². The third-order valence-electron chi connectivity index (χ3n) is 4.89. The summed E-state index contributed by atoms with van der Waals surface area (Å²) in [4.78, 5) is 29.7. The van der Waals surface area contributed by atoms with Crippen LogP contribution in [0.5, 0.6) is 5.75 Å². The predicted octanol–water partition coefficient (Wildman–Crippen LogP) is 2.96. The minimum atomic E-state index is -0.486. The number of halogens is 1. The quantitative estimate of drug-likeness (QED) is 0.535. The Bertz CT molecular complexity index is 1340. The van der Waals surface area contributed by atoms with Crippen LogP contribution in [0.2, 0.25) is 0 Å². The Labute approximate surface area is 176 Å². The highest BCUT2D eigenvalue weighted by Gasteiger charge is 2.15. The van der Waals surface area contributed by atoms with Gasteiger partial charge in [0.15, 0.2) is 5.65 Å². The van der Waals surface area contributed by atoms with Gasteiger partial charge >= 0.3 is 5.69 Å². The lowest BCUT2D eigenvalue weighted by Crippen LogP contribution is -2.29. The molecule has 4 rings (SSSR count). The molecule has 0 bridgehead atoms. The molecule has 2 aromatic carbocycles. The highest BCUT2D eigenvalue weighted by molar-refractivity contribution is 5.91. The predicted molar refractivity (Wildman–Crippen MR) is 114 cm³/mol. The van der Waals surface area contributed by atoms with Crippen LogP contribution >= 0.6 is 0 Å². The number of nitrogens with one attached hydrogen (secondary N) is 1. The van der Waals surface area contributed by atoms with E-state index in [0.717, 1.165) is 16.0 Å². The fourth-order valence-electron chi connectivity index (χ4n) is 3.27. The number of nitrogens with zero attached hydrogens (tertiary/aromatic N) is 4. The van der Waals surface area contributed by atoms with E-state index >= 15 is 0 Å². The molecule has 158 valence electrons. The second-order valence-electron chi connectivity index (χ2n) is 7.06. The first-order chi connectivity index (χ1) is 14.9.